The van der Waals surface area contributed by atoms with Gasteiger partial charge in [-0.15, -0.1) is 0 Å². The molecule has 0 radical (unpaired) electrons. The van der Waals surface area contributed by atoms with Crippen LogP contribution in [-0.4, -0.2) is 5.16 Å². The van der Waals surface area contributed by atoms with Crippen LogP contribution in [0.1, 0.15) is 31.9 Å². The number of benzene rings is 3. The van der Waals surface area contributed by atoms with Gasteiger partial charge in [0.05, 0.1) is 11.1 Å². The number of hydrogen-bond donors (Lipinski definition) is 0. The molecule has 1 nitrogen and oxygen atoms in total. The Morgan fingerprint density at radius 1 is 0.636 bits per heavy atom. The van der Waals surface area contributed by atoms with Crippen LogP contribution in [-0.2, 0) is 16.9 Å². The lowest BCUT2D eigenvalue weighted by molar-refractivity contribution is -0.138. The van der Waals surface area contributed by atoms with Crippen LogP contribution in [0.25, 0.3) is 0 Å². The molecule has 0 bridgehead atoms. The zero-order valence-electron chi connectivity index (χ0n) is 18.1. The topological polar surface area (TPSA) is 17.1 Å². The van der Waals surface area contributed by atoms with Crippen LogP contribution in [0.2, 0.25) is 0 Å². The van der Waals surface area contributed by atoms with E-state index in [1.165, 1.54) is 24.3 Å². The highest BCUT2D eigenvalue weighted by Gasteiger charge is 2.33. The lowest BCUT2D eigenvalue weighted by atomic mass is 10.2. The molecule has 0 aromatic heterocycles. The van der Waals surface area contributed by atoms with Crippen LogP contribution in [0, 0.1) is 0 Å². The van der Waals surface area contributed by atoms with Gasteiger partial charge in [0, 0.05) is 10.5 Å². The molecule has 0 saturated heterocycles. The largest absolute Gasteiger partial charge is 0.416 e. The fraction of sp³-hybridized carbons (Fsp3) is 0.250. The molecule has 0 aliphatic rings. The van der Waals surface area contributed by atoms with Crippen molar-refractivity contribution in [3.05, 3.63) is 83.9 Å². The van der Waals surface area contributed by atoms with E-state index in [4.69, 9.17) is 0 Å². The first kappa shape index (κ1) is 25.5. The molecule has 0 N–H and O–H groups in total. The second-order valence-corrected chi connectivity index (χ2v) is 13.4. The fourth-order valence-electron chi connectivity index (χ4n) is 3.29. The molecule has 3 aromatic carbocycles. The van der Waals surface area contributed by atoms with E-state index in [0.717, 1.165) is 24.3 Å². The van der Waals surface area contributed by atoms with E-state index in [2.05, 4.69) is 0 Å². The smallest absolute Gasteiger partial charge is 0.321 e. The van der Waals surface area contributed by atoms with E-state index in [1.807, 2.05) is 20.8 Å². The maximum absolute atomic E-state index is 13.3. The summed E-state index contributed by atoms with van der Waals surface area (Å²) in [5.74, 6) is 0. The predicted octanol–water partition coefficient (Wildman–Crippen LogP) is 6.47. The first-order chi connectivity index (χ1) is 15.2. The maximum Gasteiger partial charge on any atom is 0.416 e. The minimum Gasteiger partial charge on any atom is -0.321 e. The second-order valence-electron chi connectivity index (χ2n) is 8.52. The molecule has 0 heterocycles. The average Bonchev–Trinajstić information content (AvgIpc) is 2.73. The van der Waals surface area contributed by atoms with Crippen LogP contribution in [0.3, 0.4) is 0 Å². The summed E-state index contributed by atoms with van der Waals surface area (Å²) >= 11 is 0. The molecule has 0 fully saturated rings. The highest BCUT2D eigenvalue weighted by atomic mass is 31.1. The Kier molecular flexibility index (Phi) is 7.17. The first-order valence-electron chi connectivity index (χ1n) is 9.98. The Hall–Kier alpha value is -2.10. The van der Waals surface area contributed by atoms with Gasteiger partial charge >= 0.3 is 12.4 Å². The average molecular weight is 502 g/mol. The molecular formula is C24H22F6OP2. The molecule has 3 aromatic rings. The lowest BCUT2D eigenvalue weighted by Gasteiger charge is -2.26. The summed E-state index contributed by atoms with van der Waals surface area (Å²) in [5, 5.41) is 1.75. The van der Waals surface area contributed by atoms with E-state index in [-0.39, 0.29) is 0 Å². The van der Waals surface area contributed by atoms with E-state index < -0.39 is 44.4 Å². The Morgan fingerprint density at radius 3 is 1.39 bits per heavy atom. The van der Waals surface area contributed by atoms with Crippen molar-refractivity contribution in [3.8, 4) is 0 Å². The van der Waals surface area contributed by atoms with Gasteiger partial charge < -0.3 is 4.57 Å². The highest BCUT2D eigenvalue weighted by molar-refractivity contribution is 7.81. The minimum absolute atomic E-state index is 0.522. The van der Waals surface area contributed by atoms with Crippen molar-refractivity contribution in [2.75, 3.05) is 0 Å². The quantitative estimate of drug-likeness (QED) is 0.296. The van der Waals surface area contributed by atoms with Crippen LogP contribution in [0.5, 0.6) is 0 Å². The van der Waals surface area contributed by atoms with E-state index in [0.29, 0.717) is 21.2 Å². The van der Waals surface area contributed by atoms with Crippen molar-refractivity contribution < 1.29 is 30.9 Å². The van der Waals surface area contributed by atoms with Crippen LogP contribution >= 0.6 is 15.7 Å². The van der Waals surface area contributed by atoms with Crippen molar-refractivity contribution in [3.63, 3.8) is 0 Å². The summed E-state index contributed by atoms with van der Waals surface area (Å²) in [5.41, 5.74) is -1.63. The molecular weight excluding hydrogens is 480 g/mol. The zero-order chi connectivity index (χ0) is 24.6. The predicted molar refractivity (Wildman–Crippen MR) is 124 cm³/mol. The van der Waals surface area contributed by atoms with E-state index >= 15 is 0 Å². The third-order valence-corrected chi connectivity index (χ3v) is 9.98. The standard InChI is InChI=1S/C24H22F6OP2/c1-22(2,3)33(31)21-7-5-4-6-20(21)32(18-12-8-16(9-13-18)23(25,26)27)19-14-10-17(11-15-19)24(28,29)30/h4-15,33H,1-3H3. The third kappa shape index (κ3) is 5.88. The summed E-state index contributed by atoms with van der Waals surface area (Å²) in [4.78, 5) is 0. The van der Waals surface area contributed by atoms with Crippen LogP contribution < -0.4 is 21.2 Å². The van der Waals surface area contributed by atoms with Crippen molar-refractivity contribution in [2.45, 2.75) is 38.3 Å². The highest BCUT2D eigenvalue weighted by Crippen LogP contribution is 2.41. The number of halogens is 6. The van der Waals surface area contributed by atoms with E-state index in [9.17, 15) is 30.9 Å². The number of hydrogen-bond acceptors (Lipinski definition) is 1. The van der Waals surface area contributed by atoms with Crippen LogP contribution in [0.15, 0.2) is 72.8 Å². The van der Waals surface area contributed by atoms with Gasteiger partial charge in [-0.05, 0) is 48.1 Å². The van der Waals surface area contributed by atoms with Gasteiger partial charge in [-0.3, -0.25) is 0 Å². The molecule has 1 unspecified atom stereocenters. The Bertz CT molecular complexity index is 1070. The van der Waals surface area contributed by atoms with Gasteiger partial charge in [0.2, 0.25) is 0 Å². The summed E-state index contributed by atoms with van der Waals surface area (Å²) < 4.78 is 91.8. The molecule has 33 heavy (non-hydrogen) atoms. The Labute approximate surface area is 190 Å². The van der Waals surface area contributed by atoms with Gasteiger partial charge in [0.25, 0.3) is 0 Å². The van der Waals surface area contributed by atoms with Gasteiger partial charge in [-0.25, -0.2) is 0 Å². The van der Waals surface area contributed by atoms with Crippen molar-refractivity contribution in [2.24, 2.45) is 0 Å². The molecule has 0 saturated carbocycles. The molecule has 0 aliphatic carbocycles. The van der Waals surface area contributed by atoms with Crippen molar-refractivity contribution in [1.82, 2.24) is 0 Å². The number of alkyl halides is 6. The molecule has 0 amide bonds. The molecule has 0 aliphatic heterocycles. The molecule has 1 atom stereocenters. The van der Waals surface area contributed by atoms with Crippen molar-refractivity contribution >= 4 is 36.9 Å². The Morgan fingerprint density at radius 2 is 1.03 bits per heavy atom. The number of rotatable bonds is 4. The van der Waals surface area contributed by atoms with Crippen LogP contribution in [0.4, 0.5) is 26.3 Å². The SMILES string of the molecule is CC(C)(C)[PH](=O)c1ccccc1P(c1ccc(C(F)(F)F)cc1)c1ccc(C(F)(F)F)cc1. The monoisotopic (exact) mass is 502 g/mol. The fourth-order valence-corrected chi connectivity index (χ4v) is 7.60. The zero-order valence-corrected chi connectivity index (χ0v) is 19.9. The molecule has 3 rings (SSSR count). The summed E-state index contributed by atoms with van der Waals surface area (Å²) in [6.45, 7) is 5.51. The molecule has 176 valence electrons. The van der Waals surface area contributed by atoms with Gasteiger partial charge in [-0.1, -0.05) is 69.3 Å². The van der Waals surface area contributed by atoms with Gasteiger partial charge in [-0.2, -0.15) is 26.3 Å². The lowest BCUT2D eigenvalue weighted by Crippen LogP contribution is -2.32. The first-order valence-corrected chi connectivity index (χ1v) is 12.7. The van der Waals surface area contributed by atoms with Gasteiger partial charge in [0.15, 0.2) is 0 Å². The van der Waals surface area contributed by atoms with Gasteiger partial charge in [0.1, 0.15) is 7.80 Å². The maximum atomic E-state index is 13.3. The van der Waals surface area contributed by atoms with E-state index in [1.54, 1.807) is 24.3 Å². The normalized spacial score (nSPS) is 13.9. The second kappa shape index (κ2) is 9.27. The third-order valence-electron chi connectivity index (χ3n) is 4.98. The molecule has 0 spiro atoms. The minimum atomic E-state index is -4.51. The Balaban J connectivity index is 2.21. The van der Waals surface area contributed by atoms with Crippen molar-refractivity contribution in [1.29, 1.82) is 0 Å². The summed E-state index contributed by atoms with van der Waals surface area (Å²) in [7, 11) is -3.88. The summed E-state index contributed by atoms with van der Waals surface area (Å²) in [6, 6.07) is 16.2. The summed E-state index contributed by atoms with van der Waals surface area (Å²) in [6.07, 6.45) is -9.02. The molecule has 9 heteroatoms.